The highest BCUT2D eigenvalue weighted by Gasteiger charge is 2.51. The number of methoxy groups -OCH3 is 2. The second-order valence-corrected chi connectivity index (χ2v) is 6.60. The Bertz CT molecular complexity index is 893. The van der Waals surface area contributed by atoms with Crippen molar-refractivity contribution < 1.29 is 24.2 Å². The van der Waals surface area contributed by atoms with E-state index < -0.39 is 29.4 Å². The molecule has 1 aromatic carbocycles. The van der Waals surface area contributed by atoms with Crippen molar-refractivity contribution in [1.82, 2.24) is 10.2 Å². The third kappa shape index (κ3) is 2.82. The van der Waals surface area contributed by atoms with E-state index >= 15 is 0 Å². The molecule has 0 amide bonds. The van der Waals surface area contributed by atoms with Gasteiger partial charge in [0, 0.05) is 23.6 Å². The number of nitrogens with one attached hydrogen (secondary N) is 2. The van der Waals surface area contributed by atoms with Crippen molar-refractivity contribution in [3.63, 3.8) is 0 Å². The van der Waals surface area contributed by atoms with E-state index in [-0.39, 0.29) is 12.0 Å². The van der Waals surface area contributed by atoms with Crippen molar-refractivity contribution in [2.45, 2.75) is 24.9 Å². The molecule has 1 aliphatic rings. The van der Waals surface area contributed by atoms with Gasteiger partial charge in [0.2, 0.25) is 0 Å². The largest absolute Gasteiger partial charge is 0.469 e. The highest BCUT2D eigenvalue weighted by molar-refractivity contribution is 5.89. The molecule has 0 radical (unpaired) electrons. The molecule has 8 heteroatoms. The van der Waals surface area contributed by atoms with Crippen LogP contribution < -0.4 is 5.56 Å². The van der Waals surface area contributed by atoms with Gasteiger partial charge in [-0.3, -0.25) is 14.7 Å². The number of hydrogen-bond acceptors (Lipinski definition) is 6. The average Bonchev–Trinajstić information content (AvgIpc) is 2.98. The highest BCUT2D eigenvalue weighted by Crippen LogP contribution is 2.44. The molecule has 3 atom stereocenters. The van der Waals surface area contributed by atoms with E-state index in [0.717, 1.165) is 0 Å². The van der Waals surface area contributed by atoms with Gasteiger partial charge in [0.05, 0.1) is 31.3 Å². The Kier molecular flexibility index (Phi) is 4.45. The van der Waals surface area contributed by atoms with Crippen LogP contribution in [0.3, 0.4) is 0 Å². The molecule has 0 bridgehead atoms. The second-order valence-electron chi connectivity index (χ2n) is 6.60. The number of benzene rings is 1. The van der Waals surface area contributed by atoms with Crippen LogP contribution in [0.5, 0.6) is 0 Å². The number of ether oxygens (including phenoxy) is 2. The molecule has 0 spiro atoms. The van der Waals surface area contributed by atoms with E-state index in [0.29, 0.717) is 22.4 Å². The van der Waals surface area contributed by atoms with Crippen molar-refractivity contribution in [2.24, 2.45) is 5.92 Å². The zero-order valence-corrected chi connectivity index (χ0v) is 14.7. The van der Waals surface area contributed by atoms with Gasteiger partial charge in [0.25, 0.3) is 5.56 Å². The summed E-state index contributed by atoms with van der Waals surface area (Å²) >= 11 is 0. The van der Waals surface area contributed by atoms with Crippen LogP contribution in [-0.2, 0) is 20.7 Å². The predicted octanol–water partition coefficient (Wildman–Crippen LogP) is 0.718. The molecule has 0 aliphatic heterocycles. The molecule has 2 aromatic rings. The predicted molar refractivity (Wildman–Crippen MR) is 90.9 cm³/mol. The molecule has 0 fully saturated rings. The first-order valence-corrected chi connectivity index (χ1v) is 8.08. The molecule has 0 saturated heterocycles. The first-order valence-electron chi connectivity index (χ1n) is 8.08. The Hall–Kier alpha value is -2.87. The maximum Gasteiger partial charge on any atom is 0.337 e. The lowest BCUT2D eigenvalue weighted by atomic mass is 9.66. The maximum absolute atomic E-state index is 12.5. The summed E-state index contributed by atoms with van der Waals surface area (Å²) in [5, 5.41) is 16.2. The van der Waals surface area contributed by atoms with Crippen molar-refractivity contribution in [2.75, 3.05) is 14.2 Å². The Labute approximate surface area is 149 Å². The molecule has 26 heavy (non-hydrogen) atoms. The van der Waals surface area contributed by atoms with E-state index in [1.807, 2.05) is 0 Å². The molecular formula is C18H20N2O6. The van der Waals surface area contributed by atoms with Crippen molar-refractivity contribution in [1.29, 1.82) is 0 Å². The van der Waals surface area contributed by atoms with Crippen LogP contribution in [0, 0.1) is 5.92 Å². The van der Waals surface area contributed by atoms with Crippen LogP contribution in [0.2, 0.25) is 0 Å². The van der Waals surface area contributed by atoms with Crippen LogP contribution in [-0.4, -0.2) is 47.1 Å². The van der Waals surface area contributed by atoms with Gasteiger partial charge in [-0.2, -0.15) is 0 Å². The number of hydrogen-bond donors (Lipinski definition) is 3. The summed E-state index contributed by atoms with van der Waals surface area (Å²) in [5.74, 6) is -2.79. The first kappa shape index (κ1) is 17.9. The summed E-state index contributed by atoms with van der Waals surface area (Å²) in [5.41, 5.74) is 0.110. The van der Waals surface area contributed by atoms with E-state index in [1.54, 1.807) is 31.2 Å². The number of aromatic amines is 2. The van der Waals surface area contributed by atoms with E-state index in [1.165, 1.54) is 14.2 Å². The van der Waals surface area contributed by atoms with Gasteiger partial charge >= 0.3 is 11.9 Å². The van der Waals surface area contributed by atoms with Gasteiger partial charge in [-0.05, 0) is 24.6 Å². The molecule has 0 saturated carbocycles. The number of fused-ring (bicyclic) bond motifs is 1. The Morgan fingerprint density at radius 3 is 2.38 bits per heavy atom. The minimum Gasteiger partial charge on any atom is -0.469 e. The van der Waals surface area contributed by atoms with Crippen molar-refractivity contribution in [3.8, 4) is 0 Å². The van der Waals surface area contributed by atoms with Gasteiger partial charge in [-0.15, -0.1) is 0 Å². The van der Waals surface area contributed by atoms with E-state index in [9.17, 15) is 19.5 Å². The lowest BCUT2D eigenvalue weighted by Crippen LogP contribution is -2.49. The molecule has 1 heterocycles. The standard InChI is InChI=1S/C18H20N2O6/c1-18(24)8-11-13(15(21)20-19-11)12(14(18)17(23)26-3)9-4-6-10(7-5-9)16(22)25-2/h4-7,12,14,24H,8H2,1-3H3,(H2,19,20,21). The minimum absolute atomic E-state index is 0.109. The number of aromatic nitrogens is 2. The van der Waals surface area contributed by atoms with Gasteiger partial charge in [0.1, 0.15) is 0 Å². The first-order chi connectivity index (χ1) is 12.3. The fourth-order valence-corrected chi connectivity index (χ4v) is 3.69. The quantitative estimate of drug-likeness (QED) is 0.694. The molecule has 3 rings (SSSR count). The van der Waals surface area contributed by atoms with Crippen LogP contribution >= 0.6 is 0 Å². The summed E-state index contributed by atoms with van der Waals surface area (Å²) in [4.78, 5) is 36.4. The zero-order valence-electron chi connectivity index (χ0n) is 14.7. The number of aliphatic hydroxyl groups is 1. The number of carbonyl (C=O) groups is 2. The van der Waals surface area contributed by atoms with Crippen LogP contribution in [0.25, 0.3) is 0 Å². The number of carbonyl (C=O) groups excluding carboxylic acids is 2. The summed E-state index contributed by atoms with van der Waals surface area (Å²) < 4.78 is 9.57. The van der Waals surface area contributed by atoms with Crippen LogP contribution in [0.15, 0.2) is 29.1 Å². The van der Waals surface area contributed by atoms with Crippen LogP contribution in [0.4, 0.5) is 0 Å². The molecule has 3 N–H and O–H groups in total. The Morgan fingerprint density at radius 1 is 1.15 bits per heavy atom. The molecule has 138 valence electrons. The van der Waals surface area contributed by atoms with E-state index in [4.69, 9.17) is 4.74 Å². The molecular weight excluding hydrogens is 340 g/mol. The third-order valence-corrected chi connectivity index (χ3v) is 4.89. The maximum atomic E-state index is 12.5. The molecule has 1 aromatic heterocycles. The van der Waals surface area contributed by atoms with E-state index in [2.05, 4.69) is 14.9 Å². The average molecular weight is 360 g/mol. The number of H-pyrrole nitrogens is 2. The van der Waals surface area contributed by atoms with Gasteiger partial charge in [0.15, 0.2) is 0 Å². The summed E-state index contributed by atoms with van der Waals surface area (Å²) in [6, 6.07) is 6.40. The van der Waals surface area contributed by atoms with Crippen molar-refractivity contribution >= 4 is 11.9 Å². The van der Waals surface area contributed by atoms with Crippen LogP contribution in [0.1, 0.15) is 40.0 Å². The Balaban J connectivity index is 2.16. The van der Waals surface area contributed by atoms with Crippen molar-refractivity contribution in [3.05, 3.63) is 57.0 Å². The monoisotopic (exact) mass is 360 g/mol. The summed E-state index contributed by atoms with van der Waals surface area (Å²) in [6.45, 7) is 1.54. The second kappa shape index (κ2) is 6.45. The lowest BCUT2D eigenvalue weighted by Gasteiger charge is -2.40. The van der Waals surface area contributed by atoms with Gasteiger partial charge in [-0.1, -0.05) is 12.1 Å². The highest BCUT2D eigenvalue weighted by atomic mass is 16.5. The SMILES string of the molecule is COC(=O)c1ccc(C2c3c([nH][nH]c3=O)CC(C)(O)C2C(=O)OC)cc1. The summed E-state index contributed by atoms with van der Waals surface area (Å²) in [7, 11) is 2.53. The topological polar surface area (TPSA) is 121 Å². The fourth-order valence-electron chi connectivity index (χ4n) is 3.69. The fraction of sp³-hybridized carbons (Fsp3) is 0.389. The molecule has 3 unspecified atom stereocenters. The normalized spacial score (nSPS) is 24.6. The number of esters is 2. The Morgan fingerprint density at radius 2 is 1.81 bits per heavy atom. The molecule has 8 nitrogen and oxygen atoms in total. The minimum atomic E-state index is -1.42. The zero-order chi connectivity index (χ0) is 19.1. The lowest BCUT2D eigenvalue weighted by molar-refractivity contribution is -0.156. The summed E-state index contributed by atoms with van der Waals surface area (Å²) in [6.07, 6.45) is 0.109. The number of rotatable bonds is 3. The van der Waals surface area contributed by atoms with Gasteiger partial charge in [-0.25, -0.2) is 4.79 Å². The van der Waals surface area contributed by atoms with Gasteiger partial charge < -0.3 is 19.7 Å². The third-order valence-electron chi connectivity index (χ3n) is 4.89. The molecule has 1 aliphatic carbocycles. The smallest absolute Gasteiger partial charge is 0.337 e.